The highest BCUT2D eigenvalue weighted by atomic mass is 79.9. The second-order valence-corrected chi connectivity index (χ2v) is 5.25. The van der Waals surface area contributed by atoms with Crippen LogP contribution in [0, 0.1) is 5.92 Å². The molecule has 0 aliphatic heterocycles. The van der Waals surface area contributed by atoms with Crippen LogP contribution >= 0.6 is 15.9 Å². The van der Waals surface area contributed by atoms with Gasteiger partial charge in [-0.25, -0.2) is 0 Å². The molecule has 0 heterocycles. The summed E-state index contributed by atoms with van der Waals surface area (Å²) in [6.45, 7) is 7.57. The Morgan fingerprint density at radius 3 is 2.21 bits per heavy atom. The van der Waals surface area contributed by atoms with Crippen LogP contribution in [0.4, 0.5) is 0 Å². The summed E-state index contributed by atoms with van der Waals surface area (Å²) in [5.74, 6) is 0.835. The predicted octanol–water partition coefficient (Wildman–Crippen LogP) is 2.76. The molecule has 86 valence electrons. The topological polar surface area (TPSA) is 12.5 Å². The molecule has 0 N–H and O–H groups in total. The molecule has 0 radical (unpaired) electrons. The predicted molar refractivity (Wildman–Crippen MR) is 66.2 cm³/mol. The summed E-state index contributed by atoms with van der Waals surface area (Å²) >= 11 is 3.61. The van der Waals surface area contributed by atoms with E-state index in [1.54, 1.807) is 7.11 Å². The van der Waals surface area contributed by atoms with Gasteiger partial charge in [0.15, 0.2) is 0 Å². The number of ether oxygens (including phenoxy) is 1. The van der Waals surface area contributed by atoms with Gasteiger partial charge >= 0.3 is 0 Å². The Kier molecular flexibility index (Phi) is 8.94. The summed E-state index contributed by atoms with van der Waals surface area (Å²) in [6, 6.07) is 0. The van der Waals surface area contributed by atoms with Crippen molar-refractivity contribution in [3.63, 3.8) is 0 Å². The largest absolute Gasteiger partial charge is 0.383 e. The van der Waals surface area contributed by atoms with Gasteiger partial charge in [0, 0.05) is 20.2 Å². The molecule has 0 amide bonds. The van der Waals surface area contributed by atoms with Gasteiger partial charge in [0.1, 0.15) is 0 Å². The Labute approximate surface area is 97.1 Å². The SMILES string of the molecule is CCC(CC)CN(C)CC(Br)COC. The van der Waals surface area contributed by atoms with Gasteiger partial charge in [-0.15, -0.1) is 0 Å². The molecule has 0 bridgehead atoms. The molecule has 14 heavy (non-hydrogen) atoms. The van der Waals surface area contributed by atoms with E-state index in [1.165, 1.54) is 19.4 Å². The smallest absolute Gasteiger partial charge is 0.0600 e. The fourth-order valence-electron chi connectivity index (χ4n) is 1.63. The molecule has 1 unspecified atom stereocenters. The maximum absolute atomic E-state index is 5.09. The maximum atomic E-state index is 5.09. The molecule has 2 nitrogen and oxygen atoms in total. The van der Waals surface area contributed by atoms with Gasteiger partial charge in [-0.2, -0.15) is 0 Å². The van der Waals surface area contributed by atoms with Crippen LogP contribution < -0.4 is 0 Å². The zero-order chi connectivity index (χ0) is 11.0. The summed E-state index contributed by atoms with van der Waals surface area (Å²) in [7, 11) is 3.93. The lowest BCUT2D eigenvalue weighted by atomic mass is 10.0. The molecule has 0 fully saturated rings. The highest BCUT2D eigenvalue weighted by Gasteiger charge is 2.11. The third kappa shape index (κ3) is 6.80. The molecule has 0 saturated heterocycles. The van der Waals surface area contributed by atoms with Gasteiger partial charge in [0.2, 0.25) is 0 Å². The van der Waals surface area contributed by atoms with Gasteiger partial charge in [0.25, 0.3) is 0 Å². The van der Waals surface area contributed by atoms with E-state index in [0.29, 0.717) is 4.83 Å². The monoisotopic (exact) mass is 265 g/mol. The highest BCUT2D eigenvalue weighted by Crippen LogP contribution is 2.10. The lowest BCUT2D eigenvalue weighted by Crippen LogP contribution is -2.32. The molecule has 0 aliphatic rings. The van der Waals surface area contributed by atoms with Crippen LogP contribution in [0.5, 0.6) is 0 Å². The number of halogens is 1. The van der Waals surface area contributed by atoms with Crippen LogP contribution in [0.25, 0.3) is 0 Å². The Balaban J connectivity index is 3.67. The quantitative estimate of drug-likeness (QED) is 0.626. The van der Waals surface area contributed by atoms with Gasteiger partial charge in [-0.1, -0.05) is 42.6 Å². The van der Waals surface area contributed by atoms with E-state index in [-0.39, 0.29) is 0 Å². The van der Waals surface area contributed by atoms with Crippen molar-refractivity contribution in [1.29, 1.82) is 0 Å². The third-order valence-corrected chi connectivity index (χ3v) is 3.14. The molecule has 0 aliphatic carbocycles. The van der Waals surface area contributed by atoms with Crippen LogP contribution in [0.15, 0.2) is 0 Å². The van der Waals surface area contributed by atoms with Crippen molar-refractivity contribution < 1.29 is 4.74 Å². The zero-order valence-electron chi connectivity index (χ0n) is 9.92. The number of alkyl halides is 1. The number of hydrogen-bond donors (Lipinski definition) is 0. The molecular formula is C11H24BrNO. The van der Waals surface area contributed by atoms with Crippen LogP contribution in [0.3, 0.4) is 0 Å². The van der Waals surface area contributed by atoms with Gasteiger partial charge in [0.05, 0.1) is 11.4 Å². The van der Waals surface area contributed by atoms with Crippen molar-refractivity contribution in [3.8, 4) is 0 Å². The summed E-state index contributed by atoms with van der Waals surface area (Å²) in [6.07, 6.45) is 2.55. The fraction of sp³-hybridized carbons (Fsp3) is 1.00. The van der Waals surface area contributed by atoms with Crippen LogP contribution in [-0.4, -0.2) is 43.6 Å². The maximum Gasteiger partial charge on any atom is 0.0600 e. The summed E-state index contributed by atoms with van der Waals surface area (Å²) in [4.78, 5) is 2.84. The molecule has 0 aromatic carbocycles. The van der Waals surface area contributed by atoms with E-state index in [1.807, 2.05) is 0 Å². The summed E-state index contributed by atoms with van der Waals surface area (Å²) in [5, 5.41) is 0. The molecule has 0 rings (SSSR count). The van der Waals surface area contributed by atoms with Crippen molar-refractivity contribution >= 4 is 15.9 Å². The van der Waals surface area contributed by atoms with E-state index in [0.717, 1.165) is 19.1 Å². The number of methoxy groups -OCH3 is 1. The minimum atomic E-state index is 0.451. The molecule has 1 atom stereocenters. The first-order valence-corrected chi connectivity index (χ1v) is 6.37. The Hall–Kier alpha value is 0.400. The molecule has 3 heteroatoms. The van der Waals surface area contributed by atoms with Gasteiger partial charge in [-0.3, -0.25) is 0 Å². The van der Waals surface area contributed by atoms with E-state index < -0.39 is 0 Å². The van der Waals surface area contributed by atoms with Crippen LogP contribution in [0.2, 0.25) is 0 Å². The molecule has 0 aromatic heterocycles. The third-order valence-electron chi connectivity index (χ3n) is 2.58. The fourth-order valence-corrected chi connectivity index (χ4v) is 2.39. The molecular weight excluding hydrogens is 242 g/mol. The Morgan fingerprint density at radius 1 is 1.21 bits per heavy atom. The van der Waals surface area contributed by atoms with Crippen molar-refractivity contribution in [1.82, 2.24) is 4.90 Å². The van der Waals surface area contributed by atoms with Crippen molar-refractivity contribution in [2.24, 2.45) is 5.92 Å². The average Bonchev–Trinajstić information content (AvgIpc) is 2.14. The van der Waals surface area contributed by atoms with E-state index in [2.05, 4.69) is 41.7 Å². The zero-order valence-corrected chi connectivity index (χ0v) is 11.5. The first-order chi connectivity index (χ1) is 6.63. The number of rotatable bonds is 8. The minimum absolute atomic E-state index is 0.451. The number of hydrogen-bond acceptors (Lipinski definition) is 2. The van der Waals surface area contributed by atoms with E-state index in [9.17, 15) is 0 Å². The van der Waals surface area contributed by atoms with Crippen molar-refractivity contribution in [2.45, 2.75) is 31.5 Å². The van der Waals surface area contributed by atoms with E-state index in [4.69, 9.17) is 4.74 Å². The molecule has 0 aromatic rings. The van der Waals surface area contributed by atoms with Crippen molar-refractivity contribution in [3.05, 3.63) is 0 Å². The van der Waals surface area contributed by atoms with Crippen LogP contribution in [-0.2, 0) is 4.74 Å². The van der Waals surface area contributed by atoms with Gasteiger partial charge in [-0.05, 0) is 13.0 Å². The molecule has 0 saturated carbocycles. The lowest BCUT2D eigenvalue weighted by Gasteiger charge is -2.24. The normalized spacial score (nSPS) is 13.9. The van der Waals surface area contributed by atoms with Crippen LogP contribution in [0.1, 0.15) is 26.7 Å². The standard InChI is InChI=1S/C11H24BrNO/c1-5-10(6-2)7-13(3)8-11(12)9-14-4/h10-11H,5-9H2,1-4H3. The first-order valence-electron chi connectivity index (χ1n) is 5.45. The Morgan fingerprint density at radius 2 is 1.79 bits per heavy atom. The summed E-state index contributed by atoms with van der Waals surface area (Å²) in [5.41, 5.74) is 0. The second kappa shape index (κ2) is 8.69. The van der Waals surface area contributed by atoms with Crippen molar-refractivity contribution in [2.75, 3.05) is 33.9 Å². The lowest BCUT2D eigenvalue weighted by molar-refractivity contribution is 0.180. The Bertz CT molecular complexity index is 128. The highest BCUT2D eigenvalue weighted by molar-refractivity contribution is 9.09. The molecule has 0 spiro atoms. The van der Waals surface area contributed by atoms with E-state index >= 15 is 0 Å². The minimum Gasteiger partial charge on any atom is -0.383 e. The summed E-state index contributed by atoms with van der Waals surface area (Å²) < 4.78 is 5.09. The first kappa shape index (κ1) is 14.4. The average molecular weight is 266 g/mol. The second-order valence-electron chi connectivity index (χ2n) is 3.96. The number of nitrogens with zero attached hydrogens (tertiary/aromatic N) is 1. The van der Waals surface area contributed by atoms with Gasteiger partial charge < -0.3 is 9.64 Å².